The van der Waals surface area contributed by atoms with Gasteiger partial charge in [-0.05, 0) is 31.2 Å². The van der Waals surface area contributed by atoms with Crippen molar-refractivity contribution >= 4 is 27.3 Å². The largest absolute Gasteiger partial charge is 0.336 e. The van der Waals surface area contributed by atoms with Gasteiger partial charge in [0.05, 0.1) is 0 Å². The van der Waals surface area contributed by atoms with Gasteiger partial charge in [0, 0.05) is 49.0 Å². The molecule has 3 rings (SSSR count). The summed E-state index contributed by atoms with van der Waals surface area (Å²) in [4.78, 5) is 18.9. The summed E-state index contributed by atoms with van der Waals surface area (Å²) in [5.41, 5.74) is 0.574. The zero-order valence-corrected chi connectivity index (χ0v) is 14.3. The van der Waals surface area contributed by atoms with Crippen LogP contribution < -0.4 is 0 Å². The Morgan fingerprint density at radius 3 is 2.30 bits per heavy atom. The third-order valence-corrected chi connectivity index (χ3v) is 7.13. The molecule has 0 aromatic carbocycles. The normalized spacial score (nSPS) is 16.5. The van der Waals surface area contributed by atoms with Gasteiger partial charge in [-0.1, -0.05) is 0 Å². The van der Waals surface area contributed by atoms with Gasteiger partial charge in [-0.25, -0.2) is 8.42 Å². The first-order valence-electron chi connectivity index (χ1n) is 7.24. The maximum absolute atomic E-state index is 12.6. The lowest BCUT2D eigenvalue weighted by atomic mass is 10.2. The Kier molecular flexibility index (Phi) is 4.47. The van der Waals surface area contributed by atoms with Crippen LogP contribution in [0.1, 0.15) is 15.2 Å². The maximum atomic E-state index is 12.6. The summed E-state index contributed by atoms with van der Waals surface area (Å²) in [6.45, 7) is 3.30. The van der Waals surface area contributed by atoms with Crippen molar-refractivity contribution in [1.82, 2.24) is 14.2 Å². The fraction of sp³-hybridized carbons (Fsp3) is 0.333. The summed E-state index contributed by atoms with van der Waals surface area (Å²) in [6.07, 6.45) is 3.15. The van der Waals surface area contributed by atoms with Crippen LogP contribution >= 0.6 is 11.3 Å². The molecule has 3 heterocycles. The molecule has 1 saturated heterocycles. The van der Waals surface area contributed by atoms with Crippen LogP contribution in [-0.4, -0.2) is 54.7 Å². The summed E-state index contributed by atoms with van der Waals surface area (Å²) >= 11 is 1.28. The van der Waals surface area contributed by atoms with E-state index in [4.69, 9.17) is 0 Å². The quantitative estimate of drug-likeness (QED) is 0.842. The minimum atomic E-state index is -3.45. The fourth-order valence-corrected chi connectivity index (χ4v) is 5.35. The number of pyridine rings is 1. The van der Waals surface area contributed by atoms with Gasteiger partial charge in [0.1, 0.15) is 4.21 Å². The van der Waals surface area contributed by atoms with Gasteiger partial charge >= 0.3 is 0 Å². The molecule has 6 nitrogen and oxygen atoms in total. The Hall–Kier alpha value is -1.77. The van der Waals surface area contributed by atoms with Crippen LogP contribution in [0.4, 0.5) is 0 Å². The van der Waals surface area contributed by atoms with Crippen molar-refractivity contribution in [2.24, 2.45) is 0 Å². The van der Waals surface area contributed by atoms with Crippen LogP contribution in [0.5, 0.6) is 0 Å². The van der Waals surface area contributed by atoms with Crippen LogP contribution in [0, 0.1) is 6.92 Å². The number of amides is 1. The third-order valence-electron chi connectivity index (χ3n) is 3.76. The van der Waals surface area contributed by atoms with Crippen LogP contribution in [-0.2, 0) is 10.0 Å². The first-order chi connectivity index (χ1) is 11.0. The van der Waals surface area contributed by atoms with E-state index in [1.54, 1.807) is 41.6 Å². The number of thiophene rings is 1. The molecule has 0 saturated carbocycles. The number of carbonyl (C=O) groups excluding carboxylic acids is 1. The molecule has 2 aromatic rings. The molecule has 122 valence electrons. The second-order valence-corrected chi connectivity index (χ2v) is 8.75. The van der Waals surface area contributed by atoms with Crippen LogP contribution in [0.2, 0.25) is 0 Å². The van der Waals surface area contributed by atoms with E-state index in [0.29, 0.717) is 36.0 Å². The van der Waals surface area contributed by atoms with E-state index in [1.807, 2.05) is 6.92 Å². The predicted molar refractivity (Wildman–Crippen MR) is 88.0 cm³/mol. The van der Waals surface area contributed by atoms with Gasteiger partial charge in [-0.15, -0.1) is 11.3 Å². The molecule has 0 radical (unpaired) electrons. The number of piperazine rings is 1. The Morgan fingerprint density at radius 2 is 1.74 bits per heavy atom. The van der Waals surface area contributed by atoms with E-state index in [-0.39, 0.29) is 5.91 Å². The molecule has 8 heteroatoms. The van der Waals surface area contributed by atoms with Crippen LogP contribution in [0.25, 0.3) is 0 Å². The third kappa shape index (κ3) is 3.29. The average molecular weight is 351 g/mol. The Bertz CT molecular complexity index is 794. The summed E-state index contributed by atoms with van der Waals surface area (Å²) in [7, 11) is -3.45. The minimum absolute atomic E-state index is 0.0867. The maximum Gasteiger partial charge on any atom is 0.254 e. The Morgan fingerprint density at radius 1 is 1.09 bits per heavy atom. The molecule has 0 atom stereocenters. The molecule has 0 bridgehead atoms. The number of sulfonamides is 1. The van der Waals surface area contributed by atoms with E-state index in [0.717, 1.165) is 4.88 Å². The highest BCUT2D eigenvalue weighted by Crippen LogP contribution is 2.25. The zero-order valence-electron chi connectivity index (χ0n) is 12.7. The van der Waals surface area contributed by atoms with E-state index < -0.39 is 10.0 Å². The Balaban J connectivity index is 1.68. The van der Waals surface area contributed by atoms with Crippen molar-refractivity contribution in [3.05, 3.63) is 47.1 Å². The van der Waals surface area contributed by atoms with Crippen LogP contribution in [0.3, 0.4) is 0 Å². The molecule has 0 aliphatic carbocycles. The van der Waals surface area contributed by atoms with Crippen molar-refractivity contribution in [3.8, 4) is 0 Å². The molecule has 1 fully saturated rings. The van der Waals surface area contributed by atoms with E-state index in [2.05, 4.69) is 4.98 Å². The number of carbonyl (C=O) groups is 1. The highest BCUT2D eigenvalue weighted by molar-refractivity contribution is 7.91. The standard InChI is InChI=1S/C15H17N3O3S2/c1-12-2-3-14(22-12)23(20,21)18-10-8-17(9-11-18)15(19)13-4-6-16-7-5-13/h2-7H,8-11H2,1H3. The fourth-order valence-electron chi connectivity index (χ4n) is 2.49. The monoisotopic (exact) mass is 351 g/mol. The molecule has 1 amide bonds. The van der Waals surface area contributed by atoms with E-state index in [1.165, 1.54) is 15.6 Å². The second-order valence-electron chi connectivity index (χ2n) is 5.30. The average Bonchev–Trinajstić information content (AvgIpc) is 3.02. The molecule has 23 heavy (non-hydrogen) atoms. The lowest BCUT2D eigenvalue weighted by Gasteiger charge is -2.33. The lowest BCUT2D eigenvalue weighted by Crippen LogP contribution is -2.50. The summed E-state index contributed by atoms with van der Waals surface area (Å²) in [6, 6.07) is 6.78. The number of nitrogens with zero attached hydrogens (tertiary/aromatic N) is 3. The van der Waals surface area contributed by atoms with Gasteiger partial charge in [0.15, 0.2) is 0 Å². The van der Waals surface area contributed by atoms with Crippen molar-refractivity contribution in [2.75, 3.05) is 26.2 Å². The highest BCUT2D eigenvalue weighted by atomic mass is 32.2. The molecule has 1 aliphatic rings. The summed E-state index contributed by atoms with van der Waals surface area (Å²) in [5.74, 6) is -0.0867. The molecule has 0 unspecified atom stereocenters. The predicted octanol–water partition coefficient (Wildman–Crippen LogP) is 1.60. The van der Waals surface area contributed by atoms with Crippen LogP contribution in [0.15, 0.2) is 40.9 Å². The van der Waals surface area contributed by atoms with Crippen molar-refractivity contribution < 1.29 is 13.2 Å². The second kappa shape index (κ2) is 6.38. The van der Waals surface area contributed by atoms with Gasteiger partial charge in [-0.2, -0.15) is 4.31 Å². The van der Waals surface area contributed by atoms with Crippen molar-refractivity contribution in [1.29, 1.82) is 0 Å². The highest BCUT2D eigenvalue weighted by Gasteiger charge is 2.31. The first kappa shape index (κ1) is 16.1. The molecule has 1 aliphatic heterocycles. The number of aryl methyl sites for hydroxylation is 1. The zero-order chi connectivity index (χ0) is 16.4. The Labute approximate surface area is 139 Å². The van der Waals surface area contributed by atoms with E-state index >= 15 is 0 Å². The summed E-state index contributed by atoms with van der Waals surface area (Å²) in [5, 5.41) is 0. The van der Waals surface area contributed by atoms with E-state index in [9.17, 15) is 13.2 Å². The minimum Gasteiger partial charge on any atom is -0.336 e. The number of hydrogen-bond donors (Lipinski definition) is 0. The SMILES string of the molecule is Cc1ccc(S(=O)(=O)N2CCN(C(=O)c3ccncc3)CC2)s1. The first-order valence-corrected chi connectivity index (χ1v) is 9.50. The number of hydrogen-bond acceptors (Lipinski definition) is 5. The molecular weight excluding hydrogens is 334 g/mol. The summed E-state index contributed by atoms with van der Waals surface area (Å²) < 4.78 is 27.0. The molecule has 2 aromatic heterocycles. The smallest absolute Gasteiger partial charge is 0.254 e. The van der Waals surface area contributed by atoms with Crippen molar-refractivity contribution in [2.45, 2.75) is 11.1 Å². The topological polar surface area (TPSA) is 70.6 Å². The lowest BCUT2D eigenvalue weighted by molar-refractivity contribution is 0.0698. The van der Waals surface area contributed by atoms with Gasteiger partial charge in [-0.3, -0.25) is 9.78 Å². The number of rotatable bonds is 3. The van der Waals surface area contributed by atoms with Crippen molar-refractivity contribution in [3.63, 3.8) is 0 Å². The number of aromatic nitrogens is 1. The molecule has 0 spiro atoms. The van der Waals surface area contributed by atoms with Gasteiger partial charge in [0.25, 0.3) is 15.9 Å². The van der Waals surface area contributed by atoms with Gasteiger partial charge in [0.2, 0.25) is 0 Å². The van der Waals surface area contributed by atoms with Gasteiger partial charge < -0.3 is 4.90 Å². The molecular formula is C15H17N3O3S2. The molecule has 0 N–H and O–H groups in total.